The summed E-state index contributed by atoms with van der Waals surface area (Å²) in [4.78, 5) is 14.3. The zero-order chi connectivity index (χ0) is 11.3. The number of aromatic nitrogens is 2. The van der Waals surface area contributed by atoms with Crippen molar-refractivity contribution < 1.29 is 0 Å². The van der Waals surface area contributed by atoms with E-state index in [1.807, 2.05) is 0 Å². The van der Waals surface area contributed by atoms with Crippen LogP contribution in [0.3, 0.4) is 0 Å². The largest absolute Gasteiger partial charge is 0.292 e. The van der Waals surface area contributed by atoms with E-state index in [0.29, 0.717) is 5.92 Å². The lowest BCUT2D eigenvalue weighted by atomic mass is 10.1. The Balaban J connectivity index is 3.02. The highest BCUT2D eigenvalue weighted by Gasteiger charge is 2.05. The number of rotatable bonds is 4. The van der Waals surface area contributed by atoms with Crippen LogP contribution in [0.25, 0.3) is 0 Å². The van der Waals surface area contributed by atoms with Gasteiger partial charge in [-0.1, -0.05) is 20.4 Å². The summed E-state index contributed by atoms with van der Waals surface area (Å²) < 4.78 is 0. The minimum absolute atomic E-state index is 0.364. The van der Waals surface area contributed by atoms with E-state index in [9.17, 15) is 0 Å². The Kier molecular flexibility index (Phi) is 3.97. The molecule has 0 radical (unpaired) electrons. The van der Waals surface area contributed by atoms with Gasteiger partial charge in [0, 0.05) is 19.4 Å². The molecule has 0 spiro atoms. The van der Waals surface area contributed by atoms with Gasteiger partial charge < -0.3 is 0 Å². The van der Waals surface area contributed by atoms with Crippen molar-refractivity contribution in [1.82, 2.24) is 9.97 Å². The first-order valence-corrected chi connectivity index (χ1v) is 4.84. The van der Waals surface area contributed by atoms with Gasteiger partial charge in [0.15, 0.2) is 5.82 Å². The molecule has 0 fully saturated rings. The summed E-state index contributed by atoms with van der Waals surface area (Å²) in [6.07, 6.45) is 6.77. The number of hydrogen-bond acceptors (Lipinski definition) is 3. The second kappa shape index (κ2) is 5.24. The fourth-order valence-corrected chi connectivity index (χ4v) is 1.10. The van der Waals surface area contributed by atoms with Crippen LogP contribution in [0.2, 0.25) is 0 Å². The molecule has 15 heavy (non-hydrogen) atoms. The van der Waals surface area contributed by atoms with Gasteiger partial charge in [0.05, 0.1) is 18.2 Å². The average molecular weight is 204 g/mol. The molecule has 1 aromatic rings. The molecule has 4 heteroatoms. The number of anilines is 1. The molecule has 0 saturated carbocycles. The van der Waals surface area contributed by atoms with Crippen molar-refractivity contribution in [1.29, 1.82) is 0 Å². The van der Waals surface area contributed by atoms with Crippen LogP contribution in [0, 0.1) is 0 Å². The van der Waals surface area contributed by atoms with Crippen LogP contribution in [0.5, 0.6) is 0 Å². The van der Waals surface area contributed by atoms with E-state index in [1.165, 1.54) is 0 Å². The van der Waals surface area contributed by atoms with Crippen LogP contribution in [0.4, 0.5) is 5.82 Å². The van der Waals surface area contributed by atoms with Crippen LogP contribution in [-0.4, -0.2) is 23.4 Å². The van der Waals surface area contributed by atoms with Gasteiger partial charge in [-0.15, -0.1) is 0 Å². The fraction of sp³-hybridized carbons (Fsp3) is 0.364. The van der Waals surface area contributed by atoms with Gasteiger partial charge in [-0.25, -0.2) is 4.98 Å². The Hall–Kier alpha value is -1.71. The molecule has 0 aromatic carbocycles. The Bertz CT molecular complexity index is 357. The maximum absolute atomic E-state index is 4.46. The van der Waals surface area contributed by atoms with Crippen molar-refractivity contribution in [3.8, 4) is 0 Å². The van der Waals surface area contributed by atoms with Crippen molar-refractivity contribution in [2.45, 2.75) is 19.8 Å². The first-order chi connectivity index (χ1) is 7.19. The van der Waals surface area contributed by atoms with Crippen molar-refractivity contribution >= 4 is 12.2 Å². The zero-order valence-electron chi connectivity index (χ0n) is 9.38. The molecule has 0 aliphatic rings. The number of hydrogen-bond donors (Lipinski definition) is 0. The number of aliphatic imine (C=N–C) groups is 1. The van der Waals surface area contributed by atoms with Gasteiger partial charge in [-0.3, -0.25) is 14.9 Å². The molecule has 0 atom stereocenters. The van der Waals surface area contributed by atoms with Crippen molar-refractivity contribution in [3.63, 3.8) is 0 Å². The monoisotopic (exact) mass is 204 g/mol. The van der Waals surface area contributed by atoms with Gasteiger partial charge in [0.1, 0.15) is 0 Å². The third-order valence-corrected chi connectivity index (χ3v) is 1.93. The summed E-state index contributed by atoms with van der Waals surface area (Å²) in [5.41, 5.74) is 0.962. The Labute approximate surface area is 90.4 Å². The summed E-state index contributed by atoms with van der Waals surface area (Å²) in [7, 11) is 1.70. The molecule has 1 heterocycles. The predicted molar refractivity (Wildman–Crippen MR) is 63.2 cm³/mol. The molecule has 1 rings (SSSR count). The molecule has 4 nitrogen and oxygen atoms in total. The summed E-state index contributed by atoms with van der Waals surface area (Å²) in [5.74, 6) is 1.10. The summed E-state index contributed by atoms with van der Waals surface area (Å²) >= 11 is 0. The molecule has 0 N–H and O–H groups in total. The first-order valence-electron chi connectivity index (χ1n) is 4.84. The van der Waals surface area contributed by atoms with Crippen LogP contribution in [0.15, 0.2) is 30.2 Å². The summed E-state index contributed by atoms with van der Waals surface area (Å²) in [6.45, 7) is 7.86. The normalized spacial score (nSPS) is 10.9. The van der Waals surface area contributed by atoms with Gasteiger partial charge in [0.2, 0.25) is 0 Å². The Morgan fingerprint density at radius 2 is 2.20 bits per heavy atom. The van der Waals surface area contributed by atoms with Gasteiger partial charge in [0.25, 0.3) is 0 Å². The van der Waals surface area contributed by atoms with E-state index in [0.717, 1.165) is 11.5 Å². The lowest BCUT2D eigenvalue weighted by molar-refractivity contribution is 0.811. The van der Waals surface area contributed by atoms with E-state index in [1.54, 1.807) is 36.9 Å². The zero-order valence-corrected chi connectivity index (χ0v) is 9.38. The third-order valence-electron chi connectivity index (χ3n) is 1.93. The Morgan fingerprint density at radius 1 is 1.47 bits per heavy atom. The highest BCUT2D eigenvalue weighted by Crippen LogP contribution is 2.14. The quantitative estimate of drug-likeness (QED) is 0.557. The standard InChI is InChI=1S/C11H16N4/c1-5-15(8-12-4)11-7-13-6-10(14-11)9(2)3/h5-9H,1H2,2-4H3. The lowest BCUT2D eigenvalue weighted by Crippen LogP contribution is -2.15. The van der Waals surface area contributed by atoms with Crippen molar-refractivity contribution in [2.24, 2.45) is 4.99 Å². The molecule has 80 valence electrons. The Morgan fingerprint density at radius 3 is 2.73 bits per heavy atom. The predicted octanol–water partition coefficient (Wildman–Crippen LogP) is 2.21. The van der Waals surface area contributed by atoms with Gasteiger partial charge in [-0.2, -0.15) is 0 Å². The second-order valence-corrected chi connectivity index (χ2v) is 3.42. The van der Waals surface area contributed by atoms with Crippen LogP contribution >= 0.6 is 0 Å². The smallest absolute Gasteiger partial charge is 0.156 e. The molecular formula is C11H16N4. The molecule has 0 bridgehead atoms. The maximum atomic E-state index is 4.46. The van der Waals surface area contributed by atoms with Crippen LogP contribution in [0.1, 0.15) is 25.5 Å². The minimum Gasteiger partial charge on any atom is -0.292 e. The molecule has 0 aliphatic carbocycles. The number of nitrogens with zero attached hydrogens (tertiary/aromatic N) is 4. The second-order valence-electron chi connectivity index (χ2n) is 3.42. The van der Waals surface area contributed by atoms with Gasteiger partial charge in [-0.05, 0) is 5.92 Å². The average Bonchev–Trinajstić information content (AvgIpc) is 2.26. The fourth-order valence-electron chi connectivity index (χ4n) is 1.10. The third kappa shape index (κ3) is 2.87. The highest BCUT2D eigenvalue weighted by atomic mass is 15.2. The van der Waals surface area contributed by atoms with E-state index in [-0.39, 0.29) is 0 Å². The lowest BCUT2D eigenvalue weighted by Gasteiger charge is -2.13. The van der Waals surface area contributed by atoms with E-state index in [4.69, 9.17) is 0 Å². The summed E-state index contributed by atoms with van der Waals surface area (Å²) in [6, 6.07) is 0. The van der Waals surface area contributed by atoms with Gasteiger partial charge >= 0.3 is 0 Å². The molecule has 0 aliphatic heterocycles. The highest BCUT2D eigenvalue weighted by molar-refractivity contribution is 5.79. The van der Waals surface area contributed by atoms with Crippen molar-refractivity contribution in [2.75, 3.05) is 11.9 Å². The van der Waals surface area contributed by atoms with E-state index < -0.39 is 0 Å². The SMILES string of the molecule is C=CN(C=NC)c1cncc(C(C)C)n1. The van der Waals surface area contributed by atoms with Crippen molar-refractivity contribution in [3.05, 3.63) is 30.9 Å². The van der Waals surface area contributed by atoms with E-state index in [2.05, 4.69) is 35.4 Å². The molecule has 1 aromatic heterocycles. The maximum Gasteiger partial charge on any atom is 0.156 e. The molecule has 0 amide bonds. The topological polar surface area (TPSA) is 41.4 Å². The van der Waals surface area contributed by atoms with Crippen LogP contribution in [-0.2, 0) is 0 Å². The first kappa shape index (κ1) is 11.4. The minimum atomic E-state index is 0.364. The molecule has 0 unspecified atom stereocenters. The van der Waals surface area contributed by atoms with E-state index >= 15 is 0 Å². The van der Waals surface area contributed by atoms with Crippen LogP contribution < -0.4 is 4.90 Å². The molecular weight excluding hydrogens is 188 g/mol. The molecule has 0 saturated heterocycles. The summed E-state index contributed by atoms with van der Waals surface area (Å²) in [5, 5.41) is 0.